The molecule has 1 heterocycles. The molecule has 1 amide bonds. The number of amides is 1. The first-order chi connectivity index (χ1) is 11.1. The number of hydrogen-bond donors (Lipinski definition) is 1. The molecular formula is C18H15ClN2OS. The van der Waals surface area contributed by atoms with Crippen LogP contribution in [0.5, 0.6) is 0 Å². The molecule has 0 saturated heterocycles. The Morgan fingerprint density at radius 3 is 2.52 bits per heavy atom. The van der Waals surface area contributed by atoms with E-state index in [0.29, 0.717) is 17.1 Å². The molecule has 0 fully saturated rings. The van der Waals surface area contributed by atoms with Gasteiger partial charge in [-0.25, -0.2) is 4.98 Å². The van der Waals surface area contributed by atoms with E-state index >= 15 is 0 Å². The van der Waals surface area contributed by atoms with E-state index in [1.165, 1.54) is 0 Å². The average Bonchev–Trinajstić information content (AvgIpc) is 2.95. The zero-order chi connectivity index (χ0) is 16.2. The number of carbonyl (C=O) groups is 1. The van der Waals surface area contributed by atoms with Crippen molar-refractivity contribution >= 4 is 28.8 Å². The molecule has 5 heteroatoms. The van der Waals surface area contributed by atoms with Gasteiger partial charge in [0.05, 0.1) is 12.2 Å². The molecule has 1 aromatic heterocycles. The first kappa shape index (κ1) is 15.7. The van der Waals surface area contributed by atoms with Gasteiger partial charge >= 0.3 is 0 Å². The van der Waals surface area contributed by atoms with E-state index < -0.39 is 0 Å². The second-order valence-corrected chi connectivity index (χ2v) is 6.79. The molecule has 0 bridgehead atoms. The first-order valence-corrected chi connectivity index (χ1v) is 8.38. The van der Waals surface area contributed by atoms with Crippen molar-refractivity contribution in [3.63, 3.8) is 0 Å². The van der Waals surface area contributed by atoms with E-state index in [0.717, 1.165) is 21.1 Å². The van der Waals surface area contributed by atoms with Crippen LogP contribution in [-0.2, 0) is 6.54 Å². The van der Waals surface area contributed by atoms with Crippen LogP contribution in [0.2, 0.25) is 5.02 Å². The molecule has 116 valence electrons. The highest BCUT2D eigenvalue weighted by atomic mass is 35.5. The van der Waals surface area contributed by atoms with Crippen LogP contribution in [0.3, 0.4) is 0 Å². The SMILES string of the molecule is Cc1sc(CNC(=O)c2ccccc2)nc1-c1ccc(Cl)cc1. The predicted molar refractivity (Wildman–Crippen MR) is 94.9 cm³/mol. The summed E-state index contributed by atoms with van der Waals surface area (Å²) in [5.41, 5.74) is 2.62. The molecule has 3 nitrogen and oxygen atoms in total. The number of nitrogens with zero attached hydrogens (tertiary/aromatic N) is 1. The van der Waals surface area contributed by atoms with E-state index in [2.05, 4.69) is 10.3 Å². The van der Waals surface area contributed by atoms with Crippen molar-refractivity contribution in [2.75, 3.05) is 0 Å². The average molecular weight is 343 g/mol. The molecule has 0 radical (unpaired) electrons. The topological polar surface area (TPSA) is 42.0 Å². The summed E-state index contributed by atoms with van der Waals surface area (Å²) in [4.78, 5) is 17.8. The summed E-state index contributed by atoms with van der Waals surface area (Å²) < 4.78 is 0. The van der Waals surface area contributed by atoms with Gasteiger partial charge < -0.3 is 5.32 Å². The minimum Gasteiger partial charge on any atom is -0.346 e. The van der Waals surface area contributed by atoms with Crippen LogP contribution in [0.25, 0.3) is 11.3 Å². The number of rotatable bonds is 4. The monoisotopic (exact) mass is 342 g/mol. The van der Waals surface area contributed by atoms with Crippen molar-refractivity contribution in [2.24, 2.45) is 0 Å². The third-order valence-corrected chi connectivity index (χ3v) is 4.62. The summed E-state index contributed by atoms with van der Waals surface area (Å²) in [7, 11) is 0. The Hall–Kier alpha value is -2.17. The Labute approximate surface area is 144 Å². The van der Waals surface area contributed by atoms with E-state index in [1.54, 1.807) is 23.5 Å². The number of benzene rings is 2. The highest BCUT2D eigenvalue weighted by molar-refractivity contribution is 7.12. The first-order valence-electron chi connectivity index (χ1n) is 7.19. The van der Waals surface area contributed by atoms with Gasteiger partial charge in [-0.1, -0.05) is 41.9 Å². The second-order valence-electron chi connectivity index (χ2n) is 5.07. The molecule has 0 aliphatic rings. The molecule has 0 atom stereocenters. The lowest BCUT2D eigenvalue weighted by molar-refractivity contribution is 0.0951. The number of nitrogens with one attached hydrogen (secondary N) is 1. The van der Waals surface area contributed by atoms with Crippen molar-refractivity contribution in [1.29, 1.82) is 0 Å². The van der Waals surface area contributed by atoms with Crippen LogP contribution in [0.1, 0.15) is 20.2 Å². The van der Waals surface area contributed by atoms with Crippen molar-refractivity contribution in [2.45, 2.75) is 13.5 Å². The van der Waals surface area contributed by atoms with E-state index in [4.69, 9.17) is 11.6 Å². The van der Waals surface area contributed by atoms with E-state index in [1.807, 2.05) is 49.4 Å². The summed E-state index contributed by atoms with van der Waals surface area (Å²) in [6.45, 7) is 2.46. The van der Waals surface area contributed by atoms with Crippen LogP contribution in [-0.4, -0.2) is 10.9 Å². The molecule has 0 saturated carbocycles. The Morgan fingerprint density at radius 1 is 1.13 bits per heavy atom. The summed E-state index contributed by atoms with van der Waals surface area (Å²) in [5.74, 6) is -0.0912. The smallest absolute Gasteiger partial charge is 0.251 e. The zero-order valence-electron chi connectivity index (χ0n) is 12.5. The zero-order valence-corrected chi connectivity index (χ0v) is 14.1. The van der Waals surface area contributed by atoms with Gasteiger partial charge in [-0.15, -0.1) is 11.3 Å². The van der Waals surface area contributed by atoms with Crippen LogP contribution in [0.15, 0.2) is 54.6 Å². The minimum absolute atomic E-state index is 0.0912. The van der Waals surface area contributed by atoms with Crippen LogP contribution < -0.4 is 5.32 Å². The van der Waals surface area contributed by atoms with Crippen molar-refractivity contribution in [1.82, 2.24) is 10.3 Å². The molecule has 0 aliphatic heterocycles. The Kier molecular flexibility index (Phi) is 4.74. The second kappa shape index (κ2) is 6.94. The van der Waals surface area contributed by atoms with Crippen LogP contribution in [0, 0.1) is 6.92 Å². The molecule has 23 heavy (non-hydrogen) atoms. The van der Waals surface area contributed by atoms with Crippen molar-refractivity contribution in [3.05, 3.63) is 75.1 Å². The fourth-order valence-electron chi connectivity index (χ4n) is 2.25. The predicted octanol–water partition coefficient (Wildman–Crippen LogP) is 4.70. The lowest BCUT2D eigenvalue weighted by atomic mass is 10.1. The lowest BCUT2D eigenvalue weighted by Gasteiger charge is -2.02. The number of aryl methyl sites for hydroxylation is 1. The summed E-state index contributed by atoms with van der Waals surface area (Å²) >= 11 is 7.51. The van der Waals surface area contributed by atoms with Crippen molar-refractivity contribution < 1.29 is 4.79 Å². The lowest BCUT2D eigenvalue weighted by Crippen LogP contribution is -2.22. The molecule has 3 aromatic rings. The molecule has 1 N–H and O–H groups in total. The van der Waals surface area contributed by atoms with Gasteiger partial charge in [0, 0.05) is 21.0 Å². The number of thiazole rings is 1. The molecule has 2 aromatic carbocycles. The normalized spacial score (nSPS) is 10.5. The van der Waals surface area contributed by atoms with Crippen molar-refractivity contribution in [3.8, 4) is 11.3 Å². The van der Waals surface area contributed by atoms with Gasteiger partial charge in [-0.05, 0) is 31.2 Å². The summed E-state index contributed by atoms with van der Waals surface area (Å²) in [6.07, 6.45) is 0. The summed E-state index contributed by atoms with van der Waals surface area (Å²) in [6, 6.07) is 16.8. The number of hydrogen-bond acceptors (Lipinski definition) is 3. The molecule has 0 aliphatic carbocycles. The van der Waals surface area contributed by atoms with Gasteiger partial charge in [-0.3, -0.25) is 4.79 Å². The standard InChI is InChI=1S/C18H15ClN2OS/c1-12-17(13-7-9-15(19)10-8-13)21-16(23-12)11-20-18(22)14-5-3-2-4-6-14/h2-10H,11H2,1H3,(H,20,22). The number of carbonyl (C=O) groups excluding carboxylic acids is 1. The molecule has 0 unspecified atom stereocenters. The molecule has 3 rings (SSSR count). The summed E-state index contributed by atoms with van der Waals surface area (Å²) in [5, 5.41) is 4.50. The maximum absolute atomic E-state index is 12.1. The quantitative estimate of drug-likeness (QED) is 0.746. The van der Waals surface area contributed by atoms with Gasteiger partial charge in [0.2, 0.25) is 0 Å². The van der Waals surface area contributed by atoms with Crippen LogP contribution >= 0.6 is 22.9 Å². The number of aromatic nitrogens is 1. The van der Waals surface area contributed by atoms with Gasteiger partial charge in [0.15, 0.2) is 0 Å². The number of halogens is 1. The van der Waals surface area contributed by atoms with E-state index in [-0.39, 0.29) is 5.91 Å². The fraction of sp³-hybridized carbons (Fsp3) is 0.111. The minimum atomic E-state index is -0.0912. The maximum atomic E-state index is 12.1. The van der Waals surface area contributed by atoms with Gasteiger partial charge in [-0.2, -0.15) is 0 Å². The van der Waals surface area contributed by atoms with Gasteiger partial charge in [0.25, 0.3) is 5.91 Å². The Morgan fingerprint density at radius 2 is 1.83 bits per heavy atom. The van der Waals surface area contributed by atoms with E-state index in [9.17, 15) is 4.79 Å². The molecular weight excluding hydrogens is 328 g/mol. The maximum Gasteiger partial charge on any atom is 0.251 e. The largest absolute Gasteiger partial charge is 0.346 e. The Bertz CT molecular complexity index is 813. The fourth-order valence-corrected chi connectivity index (χ4v) is 3.27. The van der Waals surface area contributed by atoms with Gasteiger partial charge in [0.1, 0.15) is 5.01 Å². The third kappa shape index (κ3) is 3.78. The third-order valence-electron chi connectivity index (χ3n) is 3.39. The Balaban J connectivity index is 1.71. The highest BCUT2D eigenvalue weighted by Crippen LogP contribution is 2.28. The highest BCUT2D eigenvalue weighted by Gasteiger charge is 2.11. The molecule has 0 spiro atoms. The van der Waals surface area contributed by atoms with Crippen LogP contribution in [0.4, 0.5) is 0 Å².